The van der Waals surface area contributed by atoms with Crippen LogP contribution < -0.4 is 5.56 Å². The molecule has 174 valence electrons. The van der Waals surface area contributed by atoms with Crippen molar-refractivity contribution in [1.29, 1.82) is 0 Å². The van der Waals surface area contributed by atoms with Crippen molar-refractivity contribution in [2.45, 2.75) is 39.8 Å². The zero-order valence-electron chi connectivity index (χ0n) is 18.9. The second-order valence-corrected chi connectivity index (χ2v) is 9.32. The lowest BCUT2D eigenvalue weighted by molar-refractivity contribution is 0.0677. The molecule has 0 aliphatic carbocycles. The third-order valence-electron chi connectivity index (χ3n) is 6.20. The summed E-state index contributed by atoms with van der Waals surface area (Å²) in [6.07, 6.45) is 2.08. The number of halogens is 1. The van der Waals surface area contributed by atoms with Crippen LogP contribution in [0.25, 0.3) is 10.8 Å². The van der Waals surface area contributed by atoms with E-state index in [1.807, 2.05) is 23.8 Å². The molecule has 0 saturated carbocycles. The minimum absolute atomic E-state index is 0.00314. The molecule has 4 heterocycles. The first-order valence-corrected chi connectivity index (χ1v) is 11.7. The highest BCUT2D eigenvalue weighted by molar-refractivity contribution is 7.13. The number of H-pyrrole nitrogens is 1. The van der Waals surface area contributed by atoms with E-state index in [9.17, 15) is 14.0 Å². The van der Waals surface area contributed by atoms with Crippen LogP contribution in [0.5, 0.6) is 0 Å². The molecule has 1 atom stereocenters. The molecule has 1 aliphatic heterocycles. The first-order valence-electron chi connectivity index (χ1n) is 10.8. The number of fused-ring (bicyclic) bond motifs is 1. The molecule has 3 aromatic heterocycles. The summed E-state index contributed by atoms with van der Waals surface area (Å²) in [4.78, 5) is 31.0. The van der Waals surface area contributed by atoms with Gasteiger partial charge in [0, 0.05) is 30.1 Å². The summed E-state index contributed by atoms with van der Waals surface area (Å²) in [6.45, 7) is 6.16. The van der Waals surface area contributed by atoms with Gasteiger partial charge in [-0.25, -0.2) is 14.5 Å². The molecule has 1 unspecified atom stereocenters. The third kappa shape index (κ3) is 3.81. The molecule has 34 heavy (non-hydrogen) atoms. The van der Waals surface area contributed by atoms with Gasteiger partial charge in [0.2, 0.25) is 0 Å². The molecule has 1 amide bonds. The first kappa shape index (κ1) is 22.1. The van der Waals surface area contributed by atoms with E-state index < -0.39 is 11.7 Å². The Morgan fingerprint density at radius 2 is 2.09 bits per heavy atom. The number of thiazole rings is 1. The van der Waals surface area contributed by atoms with Crippen molar-refractivity contribution >= 4 is 17.2 Å². The number of nitrogens with zero attached hydrogens (tertiary/aromatic N) is 6. The van der Waals surface area contributed by atoms with Gasteiger partial charge in [-0.1, -0.05) is 6.07 Å². The molecule has 0 radical (unpaired) electrons. The molecule has 1 aliphatic rings. The van der Waals surface area contributed by atoms with E-state index in [1.54, 1.807) is 30.2 Å². The largest absolute Gasteiger partial charge is 0.329 e. The van der Waals surface area contributed by atoms with Crippen LogP contribution in [0.4, 0.5) is 4.39 Å². The molecule has 0 saturated heterocycles. The minimum atomic E-state index is -0.584. The molecule has 5 rings (SSSR count). The molecule has 0 bridgehead atoms. The highest BCUT2D eigenvalue weighted by Gasteiger charge is 2.31. The fraction of sp³-hybridized carbons (Fsp3) is 0.304. The Morgan fingerprint density at radius 3 is 2.85 bits per heavy atom. The van der Waals surface area contributed by atoms with E-state index in [2.05, 4.69) is 25.4 Å². The lowest BCUT2D eigenvalue weighted by Gasteiger charge is -2.32. The number of benzene rings is 1. The fourth-order valence-corrected chi connectivity index (χ4v) is 4.84. The fourth-order valence-electron chi connectivity index (χ4n) is 4.22. The van der Waals surface area contributed by atoms with Crippen molar-refractivity contribution < 1.29 is 9.18 Å². The number of aromatic amines is 1. The molecule has 9 nitrogen and oxygen atoms in total. The molecular weight excluding hydrogens is 457 g/mol. The maximum absolute atomic E-state index is 14.7. The minimum Gasteiger partial charge on any atom is -0.329 e. The predicted molar refractivity (Wildman–Crippen MR) is 124 cm³/mol. The number of rotatable bonds is 4. The van der Waals surface area contributed by atoms with E-state index in [-0.39, 0.29) is 23.7 Å². The van der Waals surface area contributed by atoms with Crippen molar-refractivity contribution in [2.75, 3.05) is 6.54 Å². The second kappa shape index (κ2) is 8.56. The summed E-state index contributed by atoms with van der Waals surface area (Å²) < 4.78 is 16.7. The second-order valence-electron chi connectivity index (χ2n) is 8.42. The number of hydrogen-bond donors (Lipinski definition) is 1. The van der Waals surface area contributed by atoms with Crippen LogP contribution >= 0.6 is 11.3 Å². The number of hydrogen-bond acceptors (Lipinski definition) is 7. The topological polar surface area (TPSA) is 110 Å². The van der Waals surface area contributed by atoms with E-state index in [0.29, 0.717) is 35.9 Å². The molecule has 0 fully saturated rings. The molecule has 1 N–H and O–H groups in total. The zero-order valence-corrected chi connectivity index (χ0v) is 19.7. The van der Waals surface area contributed by atoms with Gasteiger partial charge in [-0.05, 0) is 44.0 Å². The smallest absolute Gasteiger partial charge is 0.267 e. The van der Waals surface area contributed by atoms with Crippen LogP contribution in [0.2, 0.25) is 0 Å². The van der Waals surface area contributed by atoms with E-state index >= 15 is 0 Å². The zero-order chi connectivity index (χ0) is 24.0. The van der Waals surface area contributed by atoms with Crippen LogP contribution in [0.1, 0.15) is 51.5 Å². The molecule has 11 heteroatoms. The molecule has 1 aromatic carbocycles. The van der Waals surface area contributed by atoms with Gasteiger partial charge in [-0.3, -0.25) is 9.59 Å². The highest BCUT2D eigenvalue weighted by atomic mass is 32.1. The van der Waals surface area contributed by atoms with Crippen LogP contribution in [0.15, 0.2) is 34.6 Å². The van der Waals surface area contributed by atoms with Gasteiger partial charge in [0.1, 0.15) is 5.82 Å². The van der Waals surface area contributed by atoms with Gasteiger partial charge in [0.15, 0.2) is 16.7 Å². The van der Waals surface area contributed by atoms with E-state index in [4.69, 9.17) is 0 Å². The summed E-state index contributed by atoms with van der Waals surface area (Å²) in [5, 5.41) is 17.8. The van der Waals surface area contributed by atoms with Gasteiger partial charge in [-0.15, -0.1) is 21.5 Å². The Morgan fingerprint density at radius 1 is 1.26 bits per heavy atom. The number of carbonyl (C=O) groups is 1. The first-order chi connectivity index (χ1) is 16.3. The molecule has 4 aromatic rings. The Labute approximate surface area is 198 Å². The van der Waals surface area contributed by atoms with Crippen molar-refractivity contribution in [3.8, 4) is 10.8 Å². The summed E-state index contributed by atoms with van der Waals surface area (Å²) in [7, 11) is 0. The average Bonchev–Trinajstić information content (AvgIpc) is 3.50. The average molecular weight is 480 g/mol. The van der Waals surface area contributed by atoms with Crippen LogP contribution in [-0.4, -0.2) is 47.3 Å². The van der Waals surface area contributed by atoms with E-state index in [0.717, 1.165) is 16.1 Å². The SMILES string of the molecule is Cc1c(Cc2ccc(F)c(C(=O)N3Cc4nnc(-c5nccs5)n4C(C)C3)c2)n[nH]c(=O)c1C. The van der Waals surface area contributed by atoms with Crippen molar-refractivity contribution in [1.82, 2.24) is 34.8 Å². The lowest BCUT2D eigenvalue weighted by Crippen LogP contribution is -2.40. The summed E-state index contributed by atoms with van der Waals surface area (Å²) >= 11 is 1.48. The van der Waals surface area contributed by atoms with E-state index in [1.165, 1.54) is 17.4 Å². The number of nitrogens with one attached hydrogen (secondary N) is 1. The maximum Gasteiger partial charge on any atom is 0.267 e. The van der Waals surface area contributed by atoms with Gasteiger partial charge in [0.25, 0.3) is 11.5 Å². The highest BCUT2D eigenvalue weighted by Crippen LogP contribution is 2.29. The van der Waals surface area contributed by atoms with Crippen LogP contribution in [-0.2, 0) is 13.0 Å². The van der Waals surface area contributed by atoms with Crippen molar-refractivity contribution in [3.05, 3.63) is 79.7 Å². The normalized spacial score (nSPS) is 15.4. The Bertz CT molecular complexity index is 1440. The summed E-state index contributed by atoms with van der Waals surface area (Å²) in [5.74, 6) is 0.326. The summed E-state index contributed by atoms with van der Waals surface area (Å²) in [6, 6.07) is 4.39. The molecule has 0 spiro atoms. The van der Waals surface area contributed by atoms with Crippen molar-refractivity contribution in [3.63, 3.8) is 0 Å². The monoisotopic (exact) mass is 479 g/mol. The van der Waals surface area contributed by atoms with Gasteiger partial charge >= 0.3 is 0 Å². The lowest BCUT2D eigenvalue weighted by atomic mass is 10.0. The van der Waals surface area contributed by atoms with Crippen LogP contribution in [0, 0.1) is 19.7 Å². The molecular formula is C23H22FN7O2S. The standard InChI is InChI=1S/C23H22FN7O2S/c1-12-10-30(11-19-27-28-20(31(12)19)22-25-6-7-34-22)23(33)16-8-15(4-5-17(16)24)9-18-13(2)14(3)21(32)29-26-18/h4-8,12H,9-11H2,1-3H3,(H,29,32). The van der Waals surface area contributed by atoms with Gasteiger partial charge in [0.05, 0.1) is 23.8 Å². The Kier molecular flexibility index (Phi) is 5.56. The maximum atomic E-state index is 14.7. The quantitative estimate of drug-likeness (QED) is 0.482. The number of aromatic nitrogens is 6. The Balaban J connectivity index is 1.41. The van der Waals surface area contributed by atoms with Crippen molar-refractivity contribution in [2.24, 2.45) is 0 Å². The number of amides is 1. The number of carbonyl (C=O) groups excluding carboxylic acids is 1. The predicted octanol–water partition coefficient (Wildman–Crippen LogP) is 3.05. The van der Waals surface area contributed by atoms with Gasteiger partial charge < -0.3 is 9.47 Å². The Hall–Kier alpha value is -3.73. The van der Waals surface area contributed by atoms with Gasteiger partial charge in [-0.2, -0.15) is 5.10 Å². The summed E-state index contributed by atoms with van der Waals surface area (Å²) in [5.41, 5.74) is 2.54. The third-order valence-corrected chi connectivity index (χ3v) is 6.97. The van der Waals surface area contributed by atoms with Crippen LogP contribution in [0.3, 0.4) is 0 Å².